The van der Waals surface area contributed by atoms with E-state index in [0.717, 1.165) is 0 Å². The smallest absolute Gasteiger partial charge is 0.356 e. The van der Waals surface area contributed by atoms with Crippen molar-refractivity contribution in [1.82, 2.24) is 4.98 Å². The molecule has 1 N–H and O–H groups in total. The summed E-state index contributed by atoms with van der Waals surface area (Å²) in [5, 5.41) is 8.85. The number of carboxylic acid groups (broad SMARTS) is 1. The summed E-state index contributed by atoms with van der Waals surface area (Å²) in [6, 6.07) is 6.90. The average molecular weight is 347 g/mol. The van der Waals surface area contributed by atoms with Gasteiger partial charge in [0.1, 0.15) is 0 Å². The van der Waals surface area contributed by atoms with Crippen LogP contribution in [0.15, 0.2) is 34.8 Å². The molecule has 7 heteroatoms. The number of benzene rings is 1. The number of carboxylic acids is 1. The summed E-state index contributed by atoms with van der Waals surface area (Å²) >= 11 is 8.78. The van der Waals surface area contributed by atoms with Gasteiger partial charge in [0.2, 0.25) is 5.88 Å². The van der Waals surface area contributed by atoms with E-state index in [-0.39, 0.29) is 22.3 Å². The fourth-order valence-electron chi connectivity index (χ4n) is 1.30. The van der Waals surface area contributed by atoms with Crippen molar-refractivity contribution < 1.29 is 19.0 Å². The Labute approximate surface area is 120 Å². The standard InChI is InChI=1S/C12H6BrClFNO3/c13-6-1-3-9(8(15)5-6)19-10-4-2-7(14)11(16-10)12(17)18/h1-5H,(H,17,18). The zero-order valence-corrected chi connectivity index (χ0v) is 11.6. The number of pyridine rings is 1. The topological polar surface area (TPSA) is 59.4 Å². The Morgan fingerprint density at radius 3 is 2.74 bits per heavy atom. The summed E-state index contributed by atoms with van der Waals surface area (Å²) in [4.78, 5) is 14.6. The predicted molar refractivity (Wildman–Crippen MR) is 70.4 cm³/mol. The molecular formula is C12H6BrClFNO3. The van der Waals surface area contributed by atoms with Crippen LogP contribution in [-0.2, 0) is 0 Å². The van der Waals surface area contributed by atoms with E-state index in [2.05, 4.69) is 20.9 Å². The van der Waals surface area contributed by atoms with Gasteiger partial charge < -0.3 is 9.84 Å². The Kier molecular flexibility index (Phi) is 4.01. The van der Waals surface area contributed by atoms with Gasteiger partial charge in [-0.25, -0.2) is 14.2 Å². The molecule has 1 aromatic heterocycles. The van der Waals surface area contributed by atoms with Gasteiger partial charge in [0.05, 0.1) is 5.02 Å². The lowest BCUT2D eigenvalue weighted by atomic mass is 10.3. The summed E-state index contributed by atoms with van der Waals surface area (Å²) in [7, 11) is 0. The molecule has 0 saturated heterocycles. The third kappa shape index (κ3) is 3.21. The molecule has 0 spiro atoms. The molecule has 0 radical (unpaired) electrons. The van der Waals surface area contributed by atoms with E-state index in [1.54, 1.807) is 6.07 Å². The zero-order chi connectivity index (χ0) is 14.0. The highest BCUT2D eigenvalue weighted by Crippen LogP contribution is 2.27. The largest absolute Gasteiger partial charge is 0.476 e. The number of nitrogens with zero attached hydrogens (tertiary/aromatic N) is 1. The molecule has 1 aromatic carbocycles. The number of ether oxygens (including phenoxy) is 1. The van der Waals surface area contributed by atoms with Gasteiger partial charge in [-0.3, -0.25) is 0 Å². The second kappa shape index (κ2) is 5.54. The molecule has 19 heavy (non-hydrogen) atoms. The maximum Gasteiger partial charge on any atom is 0.356 e. The van der Waals surface area contributed by atoms with Crippen molar-refractivity contribution in [3.05, 3.63) is 51.3 Å². The van der Waals surface area contributed by atoms with E-state index in [0.29, 0.717) is 4.47 Å². The van der Waals surface area contributed by atoms with Crippen molar-refractivity contribution in [2.75, 3.05) is 0 Å². The Balaban J connectivity index is 2.33. The molecule has 1 heterocycles. The number of aromatic carboxylic acids is 1. The van der Waals surface area contributed by atoms with Crippen LogP contribution >= 0.6 is 27.5 Å². The lowest BCUT2D eigenvalue weighted by molar-refractivity contribution is 0.0690. The van der Waals surface area contributed by atoms with Crippen LogP contribution in [0.5, 0.6) is 11.6 Å². The van der Waals surface area contributed by atoms with Crippen molar-refractivity contribution in [2.24, 2.45) is 0 Å². The lowest BCUT2D eigenvalue weighted by Gasteiger charge is -2.07. The highest BCUT2D eigenvalue weighted by Gasteiger charge is 2.13. The molecule has 0 bridgehead atoms. The molecule has 4 nitrogen and oxygen atoms in total. The third-order valence-corrected chi connectivity index (χ3v) is 2.93. The fraction of sp³-hybridized carbons (Fsp3) is 0. The molecule has 0 aliphatic heterocycles. The molecule has 0 aliphatic carbocycles. The average Bonchev–Trinajstić information content (AvgIpc) is 2.34. The van der Waals surface area contributed by atoms with Crippen LogP contribution < -0.4 is 4.74 Å². The molecule has 2 aromatic rings. The Hall–Kier alpha value is -1.66. The normalized spacial score (nSPS) is 10.3. The van der Waals surface area contributed by atoms with E-state index in [1.165, 1.54) is 24.3 Å². The minimum Gasteiger partial charge on any atom is -0.476 e. The van der Waals surface area contributed by atoms with E-state index >= 15 is 0 Å². The first kappa shape index (κ1) is 13.8. The van der Waals surface area contributed by atoms with Crippen molar-refractivity contribution >= 4 is 33.5 Å². The first-order chi connectivity index (χ1) is 8.97. The van der Waals surface area contributed by atoms with Gasteiger partial charge in [-0.15, -0.1) is 0 Å². The van der Waals surface area contributed by atoms with Gasteiger partial charge in [0.25, 0.3) is 0 Å². The van der Waals surface area contributed by atoms with Crippen LogP contribution in [0.1, 0.15) is 10.5 Å². The number of carbonyl (C=O) groups is 1. The van der Waals surface area contributed by atoms with E-state index in [1.807, 2.05) is 0 Å². The minimum atomic E-state index is -1.29. The van der Waals surface area contributed by atoms with Crippen LogP contribution in [0.4, 0.5) is 4.39 Å². The zero-order valence-electron chi connectivity index (χ0n) is 9.23. The van der Waals surface area contributed by atoms with Crippen molar-refractivity contribution in [2.45, 2.75) is 0 Å². The number of hydrogen-bond acceptors (Lipinski definition) is 3. The number of rotatable bonds is 3. The molecule has 0 unspecified atom stereocenters. The monoisotopic (exact) mass is 345 g/mol. The Bertz CT molecular complexity index is 651. The first-order valence-electron chi connectivity index (χ1n) is 5.00. The second-order valence-electron chi connectivity index (χ2n) is 3.46. The van der Waals surface area contributed by atoms with E-state index in [9.17, 15) is 9.18 Å². The molecule has 0 atom stereocenters. The van der Waals surface area contributed by atoms with Gasteiger partial charge in [-0.2, -0.15) is 0 Å². The van der Waals surface area contributed by atoms with Gasteiger partial charge >= 0.3 is 5.97 Å². The highest BCUT2D eigenvalue weighted by molar-refractivity contribution is 9.10. The summed E-state index contributed by atoms with van der Waals surface area (Å²) in [5.74, 6) is -1.99. The van der Waals surface area contributed by atoms with Gasteiger partial charge in [0.15, 0.2) is 17.3 Å². The van der Waals surface area contributed by atoms with Gasteiger partial charge in [-0.05, 0) is 24.3 Å². The van der Waals surface area contributed by atoms with Gasteiger partial charge in [-0.1, -0.05) is 27.5 Å². The molecule has 98 valence electrons. The molecule has 0 fully saturated rings. The van der Waals surface area contributed by atoms with Crippen LogP contribution in [-0.4, -0.2) is 16.1 Å². The van der Waals surface area contributed by atoms with E-state index in [4.69, 9.17) is 21.4 Å². The van der Waals surface area contributed by atoms with Crippen LogP contribution in [0.2, 0.25) is 5.02 Å². The Morgan fingerprint density at radius 2 is 2.11 bits per heavy atom. The number of halogens is 3. The summed E-state index contributed by atoms with van der Waals surface area (Å²) in [6.45, 7) is 0. The maximum atomic E-state index is 13.5. The van der Waals surface area contributed by atoms with Crippen LogP contribution in [0.3, 0.4) is 0 Å². The number of aromatic nitrogens is 1. The highest BCUT2D eigenvalue weighted by atomic mass is 79.9. The summed E-state index contributed by atoms with van der Waals surface area (Å²) in [5.41, 5.74) is -0.350. The first-order valence-corrected chi connectivity index (χ1v) is 6.17. The quantitative estimate of drug-likeness (QED) is 0.908. The number of hydrogen-bond donors (Lipinski definition) is 1. The maximum absolute atomic E-state index is 13.5. The van der Waals surface area contributed by atoms with E-state index < -0.39 is 11.8 Å². The van der Waals surface area contributed by atoms with Crippen LogP contribution in [0.25, 0.3) is 0 Å². The van der Waals surface area contributed by atoms with Crippen molar-refractivity contribution in [3.63, 3.8) is 0 Å². The van der Waals surface area contributed by atoms with Gasteiger partial charge in [0, 0.05) is 10.5 Å². The fourth-order valence-corrected chi connectivity index (χ4v) is 1.82. The third-order valence-electron chi connectivity index (χ3n) is 2.13. The Morgan fingerprint density at radius 1 is 1.37 bits per heavy atom. The van der Waals surface area contributed by atoms with Crippen molar-refractivity contribution in [3.8, 4) is 11.6 Å². The molecule has 2 rings (SSSR count). The van der Waals surface area contributed by atoms with Crippen molar-refractivity contribution in [1.29, 1.82) is 0 Å². The molecular weight excluding hydrogens is 340 g/mol. The minimum absolute atomic E-state index is 0.0175. The predicted octanol–water partition coefficient (Wildman–Crippen LogP) is 4.13. The molecule has 0 amide bonds. The molecule has 0 aliphatic rings. The van der Waals surface area contributed by atoms with Crippen LogP contribution in [0, 0.1) is 5.82 Å². The summed E-state index contributed by atoms with van der Waals surface area (Å²) < 4.78 is 19.3. The summed E-state index contributed by atoms with van der Waals surface area (Å²) in [6.07, 6.45) is 0. The second-order valence-corrected chi connectivity index (χ2v) is 4.78. The SMILES string of the molecule is O=C(O)c1nc(Oc2ccc(Br)cc2F)ccc1Cl. The lowest BCUT2D eigenvalue weighted by Crippen LogP contribution is -2.02. The molecule has 0 saturated carbocycles.